The second-order valence-corrected chi connectivity index (χ2v) is 7.27. The van der Waals surface area contributed by atoms with Crippen molar-refractivity contribution in [3.63, 3.8) is 0 Å². The van der Waals surface area contributed by atoms with Gasteiger partial charge in [0, 0.05) is 11.6 Å². The molecule has 0 aliphatic rings. The van der Waals surface area contributed by atoms with Gasteiger partial charge in [-0.25, -0.2) is 9.59 Å². The van der Waals surface area contributed by atoms with Crippen molar-refractivity contribution >= 4 is 18.0 Å². The van der Waals surface area contributed by atoms with Crippen molar-refractivity contribution in [2.24, 2.45) is 0 Å². The maximum atomic E-state index is 10.9. The third kappa shape index (κ3) is 23.7. The van der Waals surface area contributed by atoms with Gasteiger partial charge < -0.3 is 26.4 Å². The van der Waals surface area contributed by atoms with Gasteiger partial charge in [-0.1, -0.05) is 69.5 Å². The molecule has 1 aromatic carbocycles. The molecule has 6 heteroatoms. The third-order valence-corrected chi connectivity index (χ3v) is 3.29. The summed E-state index contributed by atoms with van der Waals surface area (Å²) in [7, 11) is 6.15. The van der Waals surface area contributed by atoms with Crippen molar-refractivity contribution in [3.8, 4) is 0 Å². The number of carbonyl (C=O) groups is 2. The Kier molecular flexibility index (Phi) is 21.5. The summed E-state index contributed by atoms with van der Waals surface area (Å²) in [6, 6.07) is 10.0. The molecule has 0 spiro atoms. The first-order valence-corrected chi connectivity index (χ1v) is 9.67. The van der Waals surface area contributed by atoms with Crippen LogP contribution in [0.4, 0.5) is 0 Å². The van der Waals surface area contributed by atoms with E-state index in [1.165, 1.54) is 11.6 Å². The van der Waals surface area contributed by atoms with Crippen molar-refractivity contribution in [1.82, 2.24) is 0 Å². The van der Waals surface area contributed by atoms with Crippen LogP contribution in [0.15, 0.2) is 61.7 Å². The zero-order valence-corrected chi connectivity index (χ0v) is 19.9. The zero-order valence-electron chi connectivity index (χ0n) is 19.2. The van der Waals surface area contributed by atoms with E-state index in [9.17, 15) is 9.59 Å². The second kappa shape index (κ2) is 19.9. The highest BCUT2D eigenvalue weighted by Gasteiger charge is 2.09. The van der Waals surface area contributed by atoms with Crippen LogP contribution in [0.5, 0.6) is 0 Å². The molecule has 0 radical (unpaired) electrons. The number of benzene rings is 1. The first-order chi connectivity index (χ1) is 13.6. The summed E-state index contributed by atoms with van der Waals surface area (Å²) >= 11 is 0. The van der Waals surface area contributed by atoms with E-state index in [2.05, 4.69) is 45.6 Å². The Morgan fingerprint density at radius 1 is 1.03 bits per heavy atom. The number of hydrogen-bond donors (Lipinski definition) is 0. The molecule has 0 aliphatic heterocycles. The monoisotopic (exact) mass is 439 g/mol. The van der Waals surface area contributed by atoms with Gasteiger partial charge in [0.15, 0.2) is 0 Å². The fourth-order valence-electron chi connectivity index (χ4n) is 1.50. The van der Waals surface area contributed by atoms with Crippen LogP contribution >= 0.6 is 0 Å². The van der Waals surface area contributed by atoms with E-state index in [1.807, 2.05) is 43.3 Å². The van der Waals surface area contributed by atoms with Gasteiger partial charge in [-0.2, -0.15) is 0 Å². The maximum absolute atomic E-state index is 10.9. The lowest BCUT2D eigenvalue weighted by Gasteiger charge is -2.23. The highest BCUT2D eigenvalue weighted by Crippen LogP contribution is 1.97. The maximum Gasteiger partial charge on any atom is 0.333 e. The average molecular weight is 440 g/mol. The number of ether oxygens (including phenoxy) is 2. The molecule has 0 aromatic heterocycles. The van der Waals surface area contributed by atoms with E-state index in [0.29, 0.717) is 18.8 Å². The summed E-state index contributed by atoms with van der Waals surface area (Å²) in [5, 5.41) is 0. The van der Waals surface area contributed by atoms with Crippen LogP contribution < -0.4 is 12.4 Å². The van der Waals surface area contributed by atoms with Gasteiger partial charge in [-0.15, -0.1) is 0 Å². The molecule has 0 saturated carbocycles. The Bertz CT molecular complexity index is 622. The minimum Gasteiger partial charge on any atom is -1.00 e. The molecule has 0 saturated heterocycles. The molecule has 0 amide bonds. The number of quaternary nitrogens is 1. The van der Waals surface area contributed by atoms with Gasteiger partial charge in [0.2, 0.25) is 0 Å². The van der Waals surface area contributed by atoms with E-state index in [1.54, 1.807) is 6.92 Å². The number of esters is 2. The summed E-state index contributed by atoms with van der Waals surface area (Å²) in [5.41, 5.74) is 1.63. The Morgan fingerprint density at radius 3 is 1.97 bits per heavy atom. The summed E-state index contributed by atoms with van der Waals surface area (Å²) in [4.78, 5) is 21.2. The van der Waals surface area contributed by atoms with Crippen molar-refractivity contribution < 1.29 is 36.0 Å². The number of carbonyl (C=O) groups excluding carboxylic acids is 2. The molecule has 0 unspecified atom stereocenters. The standard InChI is InChI=1S/C9H18NO2.C8H8.C7H12O2.ClH/c1-8(2)9(11)12-7-6-10(3,4)5;1-2-8-6-4-3-5-7-8;1-3-5-6-9-7(8)4-2;/h1,6-7H2,2-5H3;2-7H,1H2;4H,2-3,5-6H2,1H3;1H/q+1;;;/p-1. The first kappa shape index (κ1) is 32.3. The number of unbranched alkanes of at least 4 members (excludes halogenated alkanes) is 1. The van der Waals surface area contributed by atoms with Crippen LogP contribution in [0.1, 0.15) is 32.3 Å². The van der Waals surface area contributed by atoms with Crippen molar-refractivity contribution in [2.45, 2.75) is 26.7 Å². The molecule has 0 heterocycles. The fourth-order valence-corrected chi connectivity index (χ4v) is 1.50. The van der Waals surface area contributed by atoms with Gasteiger partial charge in [0.25, 0.3) is 0 Å². The number of hydrogen-bond acceptors (Lipinski definition) is 4. The molecule has 30 heavy (non-hydrogen) atoms. The quantitative estimate of drug-likeness (QED) is 0.254. The molecule has 0 bridgehead atoms. The third-order valence-electron chi connectivity index (χ3n) is 3.29. The van der Waals surface area contributed by atoms with E-state index in [0.717, 1.165) is 23.9 Å². The Balaban J connectivity index is -0.000000366. The number of halogens is 1. The largest absolute Gasteiger partial charge is 1.00 e. The van der Waals surface area contributed by atoms with Crippen LogP contribution in [0.2, 0.25) is 0 Å². The van der Waals surface area contributed by atoms with E-state index in [-0.39, 0.29) is 24.3 Å². The molecule has 170 valence electrons. The first-order valence-electron chi connectivity index (χ1n) is 9.67. The minimum absolute atomic E-state index is 0. The average Bonchev–Trinajstić information content (AvgIpc) is 2.68. The zero-order chi connectivity index (χ0) is 22.7. The molecular formula is C24H38ClNO4. The topological polar surface area (TPSA) is 52.6 Å². The normalized spacial score (nSPS) is 9.23. The van der Waals surface area contributed by atoms with Gasteiger partial charge in [0.1, 0.15) is 13.2 Å². The van der Waals surface area contributed by atoms with Gasteiger partial charge >= 0.3 is 11.9 Å². The SMILES string of the molecule is C=C(C)C(=O)OCC[N+](C)(C)C.C=CC(=O)OCCCC.C=Cc1ccccc1.[Cl-]. The highest BCUT2D eigenvalue weighted by molar-refractivity contribution is 5.86. The minimum atomic E-state index is -0.330. The smallest absolute Gasteiger partial charge is 0.333 e. The van der Waals surface area contributed by atoms with Crippen LogP contribution in [0.3, 0.4) is 0 Å². The summed E-state index contributed by atoms with van der Waals surface area (Å²) < 4.78 is 10.4. The second-order valence-electron chi connectivity index (χ2n) is 7.27. The predicted molar refractivity (Wildman–Crippen MR) is 121 cm³/mol. The van der Waals surface area contributed by atoms with Crippen LogP contribution in [-0.4, -0.2) is 57.3 Å². The van der Waals surface area contributed by atoms with Gasteiger partial charge in [0.05, 0.1) is 27.7 Å². The molecule has 5 nitrogen and oxygen atoms in total. The molecule has 0 fully saturated rings. The van der Waals surface area contributed by atoms with Crippen molar-refractivity contribution in [2.75, 3.05) is 40.9 Å². The number of rotatable bonds is 9. The molecule has 1 aromatic rings. The van der Waals surface area contributed by atoms with E-state index >= 15 is 0 Å². The Morgan fingerprint density at radius 2 is 1.60 bits per heavy atom. The summed E-state index contributed by atoms with van der Waals surface area (Å²) in [5.74, 6) is -0.632. The van der Waals surface area contributed by atoms with Crippen molar-refractivity contribution in [1.29, 1.82) is 0 Å². The van der Waals surface area contributed by atoms with Gasteiger partial charge in [-0.05, 0) is 18.9 Å². The Hall–Kier alpha value is -2.37. The number of nitrogens with zero attached hydrogens (tertiary/aromatic N) is 1. The van der Waals surface area contributed by atoms with Crippen LogP contribution in [-0.2, 0) is 19.1 Å². The molecule has 1 rings (SSSR count). The summed E-state index contributed by atoms with van der Waals surface area (Å²) in [6.07, 6.45) is 4.99. The van der Waals surface area contributed by atoms with Gasteiger partial charge in [-0.3, -0.25) is 0 Å². The van der Waals surface area contributed by atoms with Crippen LogP contribution in [0.25, 0.3) is 6.08 Å². The highest BCUT2D eigenvalue weighted by atomic mass is 35.5. The lowest BCUT2D eigenvalue weighted by atomic mass is 10.2. The van der Waals surface area contributed by atoms with Crippen LogP contribution in [0, 0.1) is 0 Å². The molecule has 0 atom stereocenters. The lowest BCUT2D eigenvalue weighted by molar-refractivity contribution is -0.870. The predicted octanol–water partition coefficient (Wildman–Crippen LogP) is 1.66. The van der Waals surface area contributed by atoms with Crippen molar-refractivity contribution in [3.05, 3.63) is 67.3 Å². The van der Waals surface area contributed by atoms with E-state index in [4.69, 9.17) is 4.74 Å². The van der Waals surface area contributed by atoms with E-state index < -0.39 is 0 Å². The summed E-state index contributed by atoms with van der Waals surface area (Å²) in [6.45, 7) is 15.9. The molecular weight excluding hydrogens is 402 g/mol. The number of likely N-dealkylation sites (N-methyl/N-ethyl adjacent to an activating group) is 1. The molecule has 0 aliphatic carbocycles. The lowest BCUT2D eigenvalue weighted by Crippen LogP contribution is -3.00. The fraction of sp³-hybridized carbons (Fsp3) is 0.417. The Labute approximate surface area is 189 Å². The molecule has 0 N–H and O–H groups in total.